The van der Waals surface area contributed by atoms with E-state index in [0.29, 0.717) is 19.7 Å². The summed E-state index contributed by atoms with van der Waals surface area (Å²) in [6, 6.07) is -0.225. The van der Waals surface area contributed by atoms with Crippen molar-refractivity contribution in [1.29, 1.82) is 0 Å². The van der Waals surface area contributed by atoms with Crippen LogP contribution in [0.3, 0.4) is 0 Å². The minimum atomic E-state index is -0.225. The molecular weight excluding hydrogens is 206 g/mol. The van der Waals surface area contributed by atoms with Gasteiger partial charge < -0.3 is 15.8 Å². The molecule has 0 saturated carbocycles. The van der Waals surface area contributed by atoms with Crippen molar-refractivity contribution in [3.05, 3.63) is 0 Å². The molecule has 5 heteroatoms. The van der Waals surface area contributed by atoms with E-state index in [2.05, 4.69) is 24.1 Å². The Labute approximate surface area is 97.3 Å². The SMILES string of the molecule is COCCN1CC(C)(C)CNC(=O)C1CN. The Morgan fingerprint density at radius 3 is 2.88 bits per heavy atom. The van der Waals surface area contributed by atoms with Crippen LogP contribution in [-0.2, 0) is 9.53 Å². The maximum absolute atomic E-state index is 11.8. The molecule has 94 valence electrons. The molecule has 1 saturated heterocycles. The monoisotopic (exact) mass is 229 g/mol. The summed E-state index contributed by atoms with van der Waals surface area (Å²) < 4.78 is 5.07. The molecule has 1 rings (SSSR count). The van der Waals surface area contributed by atoms with Gasteiger partial charge in [-0.1, -0.05) is 13.8 Å². The van der Waals surface area contributed by atoms with Crippen molar-refractivity contribution in [1.82, 2.24) is 10.2 Å². The third-order valence-corrected chi connectivity index (χ3v) is 2.92. The quantitative estimate of drug-likeness (QED) is 0.677. The highest BCUT2D eigenvalue weighted by molar-refractivity contribution is 5.82. The van der Waals surface area contributed by atoms with Gasteiger partial charge in [0.05, 0.1) is 6.61 Å². The minimum absolute atomic E-state index is 0.0316. The van der Waals surface area contributed by atoms with Crippen molar-refractivity contribution in [2.24, 2.45) is 11.1 Å². The number of amides is 1. The Morgan fingerprint density at radius 1 is 1.62 bits per heavy atom. The molecule has 0 aromatic carbocycles. The lowest BCUT2D eigenvalue weighted by Crippen LogP contribution is -2.50. The molecule has 1 atom stereocenters. The Bertz CT molecular complexity index is 243. The lowest BCUT2D eigenvalue weighted by molar-refractivity contribution is -0.125. The van der Waals surface area contributed by atoms with Crippen LogP contribution in [0.1, 0.15) is 13.8 Å². The molecule has 0 aromatic heterocycles. The minimum Gasteiger partial charge on any atom is -0.383 e. The van der Waals surface area contributed by atoms with Gasteiger partial charge in [-0.2, -0.15) is 0 Å². The van der Waals surface area contributed by atoms with Crippen LogP contribution in [0, 0.1) is 5.41 Å². The fourth-order valence-electron chi connectivity index (χ4n) is 2.03. The number of nitrogens with two attached hydrogens (primary N) is 1. The molecule has 5 nitrogen and oxygen atoms in total. The first-order valence-electron chi connectivity index (χ1n) is 5.71. The van der Waals surface area contributed by atoms with E-state index in [0.717, 1.165) is 13.1 Å². The lowest BCUT2D eigenvalue weighted by atomic mass is 9.93. The summed E-state index contributed by atoms with van der Waals surface area (Å²) in [5, 5.41) is 2.94. The standard InChI is InChI=1S/C11H23N3O2/c1-11(2)7-13-10(15)9(6-12)14(8-11)4-5-16-3/h9H,4-8,12H2,1-3H3,(H,13,15). The maximum atomic E-state index is 11.8. The van der Waals surface area contributed by atoms with E-state index >= 15 is 0 Å². The number of methoxy groups -OCH3 is 1. The third-order valence-electron chi connectivity index (χ3n) is 2.92. The molecular formula is C11H23N3O2. The molecule has 0 aliphatic carbocycles. The number of rotatable bonds is 4. The topological polar surface area (TPSA) is 67.6 Å². The van der Waals surface area contributed by atoms with Crippen LogP contribution in [0.15, 0.2) is 0 Å². The largest absolute Gasteiger partial charge is 0.383 e. The van der Waals surface area contributed by atoms with Gasteiger partial charge in [0.2, 0.25) is 5.91 Å². The van der Waals surface area contributed by atoms with Crippen molar-refractivity contribution < 1.29 is 9.53 Å². The van der Waals surface area contributed by atoms with Crippen LogP contribution in [0.2, 0.25) is 0 Å². The Hall–Kier alpha value is -0.650. The second-order valence-electron chi connectivity index (χ2n) is 5.10. The Kier molecular flexibility index (Phi) is 4.70. The summed E-state index contributed by atoms with van der Waals surface area (Å²) in [5.41, 5.74) is 5.75. The van der Waals surface area contributed by atoms with E-state index in [1.165, 1.54) is 0 Å². The summed E-state index contributed by atoms with van der Waals surface area (Å²) in [5.74, 6) is 0.0316. The first-order chi connectivity index (χ1) is 7.50. The Balaban J connectivity index is 2.74. The summed E-state index contributed by atoms with van der Waals surface area (Å²) in [6.45, 7) is 7.57. The van der Waals surface area contributed by atoms with Crippen molar-refractivity contribution in [3.8, 4) is 0 Å². The molecule has 0 aromatic rings. The molecule has 16 heavy (non-hydrogen) atoms. The number of carbonyl (C=O) groups is 1. The van der Waals surface area contributed by atoms with E-state index in [4.69, 9.17) is 10.5 Å². The van der Waals surface area contributed by atoms with Gasteiger partial charge in [0.25, 0.3) is 0 Å². The highest BCUT2D eigenvalue weighted by atomic mass is 16.5. The van der Waals surface area contributed by atoms with Crippen LogP contribution in [0.25, 0.3) is 0 Å². The second kappa shape index (κ2) is 5.61. The van der Waals surface area contributed by atoms with Gasteiger partial charge in [0.15, 0.2) is 0 Å². The lowest BCUT2D eigenvalue weighted by Gasteiger charge is -2.31. The Morgan fingerprint density at radius 2 is 2.31 bits per heavy atom. The second-order valence-corrected chi connectivity index (χ2v) is 5.10. The number of nitrogens with zero attached hydrogens (tertiary/aromatic N) is 1. The normalized spacial score (nSPS) is 26.2. The van der Waals surface area contributed by atoms with Crippen LogP contribution in [0.4, 0.5) is 0 Å². The average Bonchev–Trinajstić information content (AvgIpc) is 2.33. The first kappa shape index (κ1) is 13.4. The van der Waals surface area contributed by atoms with Gasteiger partial charge in [-0.15, -0.1) is 0 Å². The predicted octanol–water partition coefficient (Wildman–Crippen LogP) is -0.582. The summed E-state index contributed by atoms with van der Waals surface area (Å²) in [6.07, 6.45) is 0. The van der Waals surface area contributed by atoms with Gasteiger partial charge in [-0.05, 0) is 5.41 Å². The summed E-state index contributed by atoms with van der Waals surface area (Å²) >= 11 is 0. The van der Waals surface area contributed by atoms with E-state index < -0.39 is 0 Å². The maximum Gasteiger partial charge on any atom is 0.238 e. The van der Waals surface area contributed by atoms with Crippen molar-refractivity contribution in [2.75, 3.05) is 39.9 Å². The molecule has 3 N–H and O–H groups in total. The molecule has 1 fully saturated rings. The molecule has 1 unspecified atom stereocenters. The van der Waals surface area contributed by atoms with E-state index in [1.54, 1.807) is 7.11 Å². The van der Waals surface area contributed by atoms with Gasteiger partial charge >= 0.3 is 0 Å². The smallest absolute Gasteiger partial charge is 0.238 e. The zero-order valence-corrected chi connectivity index (χ0v) is 10.5. The predicted molar refractivity (Wildman–Crippen MR) is 63.1 cm³/mol. The first-order valence-corrected chi connectivity index (χ1v) is 5.71. The van der Waals surface area contributed by atoms with Crippen LogP contribution < -0.4 is 11.1 Å². The van der Waals surface area contributed by atoms with E-state index in [9.17, 15) is 4.79 Å². The molecule has 1 amide bonds. The van der Waals surface area contributed by atoms with Gasteiger partial charge in [-0.25, -0.2) is 0 Å². The molecule has 0 radical (unpaired) electrons. The highest BCUT2D eigenvalue weighted by Crippen LogP contribution is 2.20. The number of hydrogen-bond donors (Lipinski definition) is 2. The molecule has 0 bridgehead atoms. The molecule has 1 aliphatic rings. The number of hydrogen-bond acceptors (Lipinski definition) is 4. The average molecular weight is 229 g/mol. The number of nitrogens with one attached hydrogen (secondary N) is 1. The zero-order chi connectivity index (χ0) is 12.2. The highest BCUT2D eigenvalue weighted by Gasteiger charge is 2.34. The molecule has 1 aliphatic heterocycles. The fourth-order valence-corrected chi connectivity index (χ4v) is 2.03. The summed E-state index contributed by atoms with van der Waals surface area (Å²) in [4.78, 5) is 13.9. The molecule has 1 heterocycles. The molecule has 0 spiro atoms. The van der Waals surface area contributed by atoms with Crippen LogP contribution in [0.5, 0.6) is 0 Å². The zero-order valence-electron chi connectivity index (χ0n) is 10.5. The van der Waals surface area contributed by atoms with Crippen molar-refractivity contribution >= 4 is 5.91 Å². The van der Waals surface area contributed by atoms with Gasteiger partial charge in [0.1, 0.15) is 6.04 Å². The van der Waals surface area contributed by atoms with Crippen molar-refractivity contribution in [2.45, 2.75) is 19.9 Å². The van der Waals surface area contributed by atoms with Gasteiger partial charge in [0, 0.05) is 33.3 Å². The van der Waals surface area contributed by atoms with Crippen LogP contribution >= 0.6 is 0 Å². The third kappa shape index (κ3) is 3.43. The number of carbonyl (C=O) groups excluding carboxylic acids is 1. The summed E-state index contributed by atoms with van der Waals surface area (Å²) in [7, 11) is 1.67. The number of ether oxygens (including phenoxy) is 1. The van der Waals surface area contributed by atoms with E-state index in [-0.39, 0.29) is 17.4 Å². The van der Waals surface area contributed by atoms with Crippen LogP contribution in [-0.4, -0.2) is 56.7 Å². The van der Waals surface area contributed by atoms with Gasteiger partial charge in [-0.3, -0.25) is 9.69 Å². The van der Waals surface area contributed by atoms with Crippen molar-refractivity contribution in [3.63, 3.8) is 0 Å². The van der Waals surface area contributed by atoms with E-state index in [1.807, 2.05) is 0 Å². The fraction of sp³-hybridized carbons (Fsp3) is 0.909.